The SMILES string of the molecule is Cc1nn(Cc2ccccc2)c(Cl)c1/C=N/NC(=O)c1c(C)nc2ccccn12. The zero-order valence-corrected chi connectivity index (χ0v) is 16.8. The molecule has 1 aromatic carbocycles. The van der Waals surface area contributed by atoms with Crippen LogP contribution >= 0.6 is 11.6 Å². The van der Waals surface area contributed by atoms with Crippen LogP contribution in [0.2, 0.25) is 5.15 Å². The van der Waals surface area contributed by atoms with Gasteiger partial charge >= 0.3 is 0 Å². The second kappa shape index (κ2) is 7.89. The fourth-order valence-corrected chi connectivity index (χ4v) is 3.45. The van der Waals surface area contributed by atoms with E-state index in [1.165, 1.54) is 6.21 Å². The van der Waals surface area contributed by atoms with Crippen LogP contribution in [0, 0.1) is 13.8 Å². The summed E-state index contributed by atoms with van der Waals surface area (Å²) in [5.74, 6) is -0.345. The van der Waals surface area contributed by atoms with Gasteiger partial charge in [0.05, 0.1) is 29.7 Å². The quantitative estimate of drug-likeness (QED) is 0.406. The summed E-state index contributed by atoms with van der Waals surface area (Å²) in [5, 5.41) is 9.03. The highest BCUT2D eigenvalue weighted by Gasteiger charge is 2.16. The average Bonchev–Trinajstić information content (AvgIpc) is 3.19. The number of halogens is 1. The third-order valence-corrected chi connectivity index (χ3v) is 4.96. The molecular formula is C21H19ClN6O. The molecule has 7 nitrogen and oxygen atoms in total. The molecule has 0 spiro atoms. The molecule has 0 aliphatic heterocycles. The van der Waals surface area contributed by atoms with Crippen LogP contribution in [0.1, 0.15) is 33.0 Å². The molecule has 29 heavy (non-hydrogen) atoms. The van der Waals surface area contributed by atoms with Crippen molar-refractivity contribution < 1.29 is 4.79 Å². The number of nitrogens with one attached hydrogen (secondary N) is 1. The molecule has 0 radical (unpaired) electrons. The Balaban J connectivity index is 1.52. The van der Waals surface area contributed by atoms with Crippen LogP contribution < -0.4 is 5.43 Å². The molecule has 8 heteroatoms. The summed E-state index contributed by atoms with van der Waals surface area (Å²) in [7, 11) is 0. The number of amides is 1. The zero-order valence-electron chi connectivity index (χ0n) is 16.0. The lowest BCUT2D eigenvalue weighted by Gasteiger charge is -2.03. The van der Waals surface area contributed by atoms with E-state index in [4.69, 9.17) is 11.6 Å². The maximum Gasteiger partial charge on any atom is 0.290 e. The first-order chi connectivity index (χ1) is 14.0. The first-order valence-corrected chi connectivity index (χ1v) is 9.46. The number of hydrazone groups is 1. The van der Waals surface area contributed by atoms with Gasteiger partial charge in [0.2, 0.25) is 0 Å². The van der Waals surface area contributed by atoms with E-state index in [1.807, 2.05) is 55.5 Å². The summed E-state index contributed by atoms with van der Waals surface area (Å²) < 4.78 is 3.44. The van der Waals surface area contributed by atoms with Crippen LogP contribution in [-0.4, -0.2) is 31.3 Å². The number of hydrogen-bond donors (Lipinski definition) is 1. The van der Waals surface area contributed by atoms with Gasteiger partial charge in [-0.2, -0.15) is 10.2 Å². The Bertz CT molecular complexity index is 1210. The number of carbonyl (C=O) groups excluding carboxylic acids is 1. The van der Waals surface area contributed by atoms with Crippen molar-refractivity contribution in [2.45, 2.75) is 20.4 Å². The van der Waals surface area contributed by atoms with Crippen molar-refractivity contribution in [1.29, 1.82) is 0 Å². The number of aromatic nitrogens is 4. The van der Waals surface area contributed by atoms with Gasteiger partial charge in [0, 0.05) is 6.20 Å². The molecule has 3 heterocycles. The number of pyridine rings is 1. The molecule has 4 aromatic rings. The summed E-state index contributed by atoms with van der Waals surface area (Å²) in [6.07, 6.45) is 3.31. The van der Waals surface area contributed by atoms with Crippen LogP contribution in [-0.2, 0) is 6.54 Å². The number of fused-ring (bicyclic) bond motifs is 1. The third kappa shape index (κ3) is 3.77. The van der Waals surface area contributed by atoms with Gasteiger partial charge < -0.3 is 0 Å². The third-order valence-electron chi connectivity index (χ3n) is 4.56. The Morgan fingerprint density at radius 2 is 1.90 bits per heavy atom. The lowest BCUT2D eigenvalue weighted by atomic mass is 10.2. The molecule has 146 valence electrons. The fourth-order valence-electron chi connectivity index (χ4n) is 3.17. The largest absolute Gasteiger partial charge is 0.295 e. The number of rotatable bonds is 5. The Morgan fingerprint density at radius 1 is 1.14 bits per heavy atom. The lowest BCUT2D eigenvalue weighted by molar-refractivity contribution is 0.0948. The topological polar surface area (TPSA) is 76.6 Å². The predicted molar refractivity (Wildman–Crippen MR) is 113 cm³/mol. The molecule has 1 N–H and O–H groups in total. The second-order valence-electron chi connectivity index (χ2n) is 6.61. The number of aryl methyl sites for hydroxylation is 2. The maximum atomic E-state index is 12.6. The fraction of sp³-hybridized carbons (Fsp3) is 0.143. The van der Waals surface area contributed by atoms with E-state index in [-0.39, 0.29) is 5.91 Å². The van der Waals surface area contributed by atoms with E-state index in [0.29, 0.717) is 34.3 Å². The minimum absolute atomic E-state index is 0.345. The Hall–Kier alpha value is -3.45. The van der Waals surface area contributed by atoms with Crippen molar-refractivity contribution in [3.63, 3.8) is 0 Å². The maximum absolute atomic E-state index is 12.6. The van der Waals surface area contributed by atoms with Gasteiger partial charge in [-0.15, -0.1) is 0 Å². The molecular weight excluding hydrogens is 388 g/mol. The average molecular weight is 407 g/mol. The Kier molecular flexibility index (Phi) is 5.14. The van der Waals surface area contributed by atoms with Crippen molar-refractivity contribution >= 4 is 29.4 Å². The highest BCUT2D eigenvalue weighted by molar-refractivity contribution is 6.32. The van der Waals surface area contributed by atoms with Crippen LogP contribution in [0.5, 0.6) is 0 Å². The van der Waals surface area contributed by atoms with E-state index < -0.39 is 0 Å². The van der Waals surface area contributed by atoms with Gasteiger partial charge in [-0.05, 0) is 31.5 Å². The number of imidazole rings is 1. The summed E-state index contributed by atoms with van der Waals surface area (Å²) >= 11 is 6.48. The molecule has 0 atom stereocenters. The van der Waals surface area contributed by atoms with Crippen molar-refractivity contribution in [1.82, 2.24) is 24.6 Å². The molecule has 0 saturated heterocycles. The monoisotopic (exact) mass is 406 g/mol. The number of carbonyl (C=O) groups is 1. The normalized spacial score (nSPS) is 11.4. The van der Waals surface area contributed by atoms with Gasteiger partial charge in [0.15, 0.2) is 0 Å². The molecule has 1 amide bonds. The van der Waals surface area contributed by atoms with E-state index in [0.717, 1.165) is 11.3 Å². The Morgan fingerprint density at radius 3 is 2.69 bits per heavy atom. The van der Waals surface area contributed by atoms with E-state index in [1.54, 1.807) is 22.2 Å². The molecule has 4 rings (SSSR count). The van der Waals surface area contributed by atoms with Crippen LogP contribution in [0.25, 0.3) is 5.65 Å². The molecule has 0 unspecified atom stereocenters. The van der Waals surface area contributed by atoms with Gasteiger partial charge in [-0.3, -0.25) is 9.20 Å². The molecule has 3 aromatic heterocycles. The van der Waals surface area contributed by atoms with E-state index >= 15 is 0 Å². The smallest absolute Gasteiger partial charge is 0.290 e. The standard InChI is InChI=1S/C21H19ClN6O/c1-14-17(20(22)28(26-14)13-16-8-4-3-5-9-16)12-23-25-21(29)19-15(2)24-18-10-6-7-11-27(18)19/h3-12H,13H2,1-2H3,(H,25,29)/b23-12+. The summed E-state index contributed by atoms with van der Waals surface area (Å²) in [4.78, 5) is 17.0. The summed E-state index contributed by atoms with van der Waals surface area (Å²) in [5.41, 5.74) is 6.83. The minimum atomic E-state index is -0.345. The van der Waals surface area contributed by atoms with Gasteiger partial charge in [0.25, 0.3) is 5.91 Å². The molecule has 0 bridgehead atoms. The van der Waals surface area contributed by atoms with Crippen molar-refractivity contribution in [3.8, 4) is 0 Å². The van der Waals surface area contributed by atoms with Crippen LogP contribution in [0.4, 0.5) is 0 Å². The minimum Gasteiger partial charge on any atom is -0.295 e. The number of benzene rings is 1. The van der Waals surface area contributed by atoms with Crippen molar-refractivity contribution in [2.24, 2.45) is 5.10 Å². The zero-order chi connectivity index (χ0) is 20.4. The van der Waals surface area contributed by atoms with Gasteiger partial charge in [0.1, 0.15) is 16.5 Å². The lowest BCUT2D eigenvalue weighted by Crippen LogP contribution is -2.20. The van der Waals surface area contributed by atoms with E-state index in [2.05, 4.69) is 20.6 Å². The first kappa shape index (κ1) is 18.9. The van der Waals surface area contributed by atoms with Crippen molar-refractivity contribution in [3.05, 3.63) is 88.1 Å². The second-order valence-corrected chi connectivity index (χ2v) is 6.96. The number of hydrogen-bond acceptors (Lipinski definition) is 4. The summed E-state index contributed by atoms with van der Waals surface area (Å²) in [6, 6.07) is 15.5. The molecule has 0 saturated carbocycles. The van der Waals surface area contributed by atoms with Gasteiger partial charge in [-0.1, -0.05) is 48.0 Å². The van der Waals surface area contributed by atoms with Crippen LogP contribution in [0.15, 0.2) is 59.8 Å². The Labute approximate surface area is 172 Å². The highest BCUT2D eigenvalue weighted by atomic mass is 35.5. The van der Waals surface area contributed by atoms with Gasteiger partial charge in [-0.25, -0.2) is 15.1 Å². The predicted octanol–water partition coefficient (Wildman–Crippen LogP) is 3.61. The van der Waals surface area contributed by atoms with Crippen molar-refractivity contribution in [2.75, 3.05) is 0 Å². The molecule has 0 fully saturated rings. The first-order valence-electron chi connectivity index (χ1n) is 9.08. The van der Waals surface area contributed by atoms with E-state index in [9.17, 15) is 4.79 Å². The number of nitrogens with zero attached hydrogens (tertiary/aromatic N) is 5. The van der Waals surface area contributed by atoms with Crippen LogP contribution in [0.3, 0.4) is 0 Å². The summed E-state index contributed by atoms with van der Waals surface area (Å²) in [6.45, 7) is 4.20. The highest BCUT2D eigenvalue weighted by Crippen LogP contribution is 2.19. The molecule has 0 aliphatic carbocycles. The molecule has 0 aliphatic rings.